The molecule has 0 saturated heterocycles. The summed E-state index contributed by atoms with van der Waals surface area (Å²) < 4.78 is 0. The number of rotatable bonds is 7. The Labute approximate surface area is 329 Å². The lowest BCUT2D eigenvalue weighted by atomic mass is 9.70. The maximum Gasteiger partial charge on any atom is 0.145 e. The van der Waals surface area contributed by atoms with Crippen LogP contribution in [0.3, 0.4) is 0 Å². The summed E-state index contributed by atoms with van der Waals surface area (Å²) >= 11 is 0. The molecular formula is C53H41N3. The van der Waals surface area contributed by atoms with Gasteiger partial charge in [0.05, 0.1) is 11.8 Å². The van der Waals surface area contributed by atoms with Gasteiger partial charge in [0, 0.05) is 28.4 Å². The second-order valence-corrected chi connectivity index (χ2v) is 14.8. The van der Waals surface area contributed by atoms with Crippen LogP contribution in [0.25, 0.3) is 28.0 Å². The molecule has 6 aromatic carbocycles. The third kappa shape index (κ3) is 6.48. The zero-order chi connectivity index (χ0) is 37.3. The molecule has 0 saturated carbocycles. The molecule has 10 rings (SSSR count). The van der Waals surface area contributed by atoms with Crippen molar-refractivity contribution in [3.05, 3.63) is 257 Å². The number of aliphatic imine (C=N–C) groups is 1. The average Bonchev–Trinajstić information content (AvgIpc) is 3.29. The number of nitrogens with one attached hydrogen (secondary N) is 2. The van der Waals surface area contributed by atoms with Crippen molar-refractivity contribution in [2.45, 2.75) is 18.6 Å². The van der Waals surface area contributed by atoms with Crippen LogP contribution in [0.5, 0.6) is 0 Å². The van der Waals surface area contributed by atoms with E-state index in [4.69, 9.17) is 4.99 Å². The van der Waals surface area contributed by atoms with Gasteiger partial charge in [0.25, 0.3) is 0 Å². The average molecular weight is 720 g/mol. The highest BCUT2D eigenvalue weighted by molar-refractivity contribution is 6.13. The number of nitrogens with zero attached hydrogens (tertiary/aromatic N) is 1. The first kappa shape index (κ1) is 33.6. The van der Waals surface area contributed by atoms with Gasteiger partial charge in [0.2, 0.25) is 0 Å². The normalized spacial score (nSPS) is 19.9. The molecule has 2 heterocycles. The molecule has 268 valence electrons. The van der Waals surface area contributed by atoms with E-state index >= 15 is 0 Å². The topological polar surface area (TPSA) is 36.4 Å². The summed E-state index contributed by atoms with van der Waals surface area (Å²) in [5, 5.41) is 7.72. The van der Waals surface area contributed by atoms with E-state index < -0.39 is 0 Å². The first-order valence-corrected chi connectivity index (χ1v) is 19.5. The second kappa shape index (κ2) is 14.7. The minimum atomic E-state index is -0.243. The molecular weight excluding hydrogens is 679 g/mol. The molecule has 3 unspecified atom stereocenters. The van der Waals surface area contributed by atoms with Crippen molar-refractivity contribution in [1.29, 1.82) is 0 Å². The van der Waals surface area contributed by atoms with Crippen LogP contribution in [0.1, 0.15) is 52.0 Å². The highest BCUT2D eigenvalue weighted by Gasteiger charge is 2.34. The van der Waals surface area contributed by atoms with Crippen molar-refractivity contribution in [3.63, 3.8) is 0 Å². The van der Waals surface area contributed by atoms with Crippen molar-refractivity contribution in [2.75, 3.05) is 0 Å². The molecule has 0 radical (unpaired) electrons. The third-order valence-corrected chi connectivity index (χ3v) is 11.3. The van der Waals surface area contributed by atoms with E-state index in [1.54, 1.807) is 0 Å². The Morgan fingerprint density at radius 1 is 0.500 bits per heavy atom. The van der Waals surface area contributed by atoms with Gasteiger partial charge in [-0.05, 0) is 86.4 Å². The largest absolute Gasteiger partial charge is 0.374 e. The van der Waals surface area contributed by atoms with E-state index in [1.807, 2.05) is 0 Å². The molecule has 2 aliphatic heterocycles. The maximum absolute atomic E-state index is 5.34. The van der Waals surface area contributed by atoms with Gasteiger partial charge < -0.3 is 10.6 Å². The van der Waals surface area contributed by atoms with Gasteiger partial charge in [0.1, 0.15) is 6.17 Å². The lowest BCUT2D eigenvalue weighted by Crippen LogP contribution is -2.29. The number of benzene rings is 6. The lowest BCUT2D eigenvalue weighted by molar-refractivity contribution is 0.664. The van der Waals surface area contributed by atoms with Crippen LogP contribution in [0, 0.1) is 5.92 Å². The van der Waals surface area contributed by atoms with Crippen molar-refractivity contribution >= 4 is 22.6 Å². The molecule has 0 spiro atoms. The molecule has 0 bridgehead atoms. The van der Waals surface area contributed by atoms with E-state index in [0.717, 1.165) is 34.5 Å². The van der Waals surface area contributed by atoms with Gasteiger partial charge in [-0.3, -0.25) is 4.99 Å². The molecule has 2 N–H and O–H groups in total. The Balaban J connectivity index is 1.02. The lowest BCUT2D eigenvalue weighted by Gasteiger charge is -2.38. The zero-order valence-electron chi connectivity index (χ0n) is 31.0. The van der Waals surface area contributed by atoms with Crippen LogP contribution in [0.2, 0.25) is 0 Å². The van der Waals surface area contributed by atoms with Crippen LogP contribution in [0.4, 0.5) is 0 Å². The van der Waals surface area contributed by atoms with E-state index in [1.165, 1.54) is 55.8 Å². The quantitative estimate of drug-likeness (QED) is 0.172. The summed E-state index contributed by atoms with van der Waals surface area (Å²) in [6.07, 6.45) is 14.6. The minimum Gasteiger partial charge on any atom is -0.374 e. The standard InChI is InChI=1S/C53H41N3/c1-5-16-36(17-6-1)42-24-15-25-43(32-42)50-35-49(40-22-11-4-12-23-40)55-53(56-50)41-30-28-38(29-31-41)46-33-51-52(45-27-14-13-26-44(45)46)47(37-18-7-2-8-19-37)34-48(54-51)39-20-9-3-10-21-39/h1-25,27-35,44,48,53-55H,26H2. The fraction of sp³-hybridized carbons (Fsp3) is 0.0755. The Bertz CT molecular complexity index is 2620. The summed E-state index contributed by atoms with van der Waals surface area (Å²) in [7, 11) is 0. The molecule has 56 heavy (non-hydrogen) atoms. The fourth-order valence-corrected chi connectivity index (χ4v) is 8.50. The molecule has 2 aliphatic carbocycles. The van der Waals surface area contributed by atoms with Gasteiger partial charge >= 0.3 is 0 Å². The molecule has 3 nitrogen and oxygen atoms in total. The van der Waals surface area contributed by atoms with Gasteiger partial charge in [-0.2, -0.15) is 0 Å². The Morgan fingerprint density at radius 2 is 1.14 bits per heavy atom. The van der Waals surface area contributed by atoms with Crippen LogP contribution in [0.15, 0.2) is 228 Å². The predicted molar refractivity (Wildman–Crippen MR) is 232 cm³/mol. The summed E-state index contributed by atoms with van der Waals surface area (Å²) in [6, 6.07) is 60.6. The number of fused-ring (bicyclic) bond motifs is 2. The fourth-order valence-electron chi connectivity index (χ4n) is 8.50. The first-order valence-electron chi connectivity index (χ1n) is 19.5. The summed E-state index contributed by atoms with van der Waals surface area (Å²) in [5.74, 6) is 0.258. The molecule has 3 atom stereocenters. The van der Waals surface area contributed by atoms with Gasteiger partial charge in [0.15, 0.2) is 0 Å². The first-order chi connectivity index (χ1) is 27.7. The monoisotopic (exact) mass is 719 g/mol. The van der Waals surface area contributed by atoms with E-state index in [0.29, 0.717) is 0 Å². The van der Waals surface area contributed by atoms with Crippen molar-refractivity contribution in [1.82, 2.24) is 10.6 Å². The van der Waals surface area contributed by atoms with Gasteiger partial charge in [-0.15, -0.1) is 0 Å². The third-order valence-electron chi connectivity index (χ3n) is 11.3. The molecule has 4 aliphatic rings. The summed E-state index contributed by atoms with van der Waals surface area (Å²) in [6.45, 7) is 0. The minimum absolute atomic E-state index is 0.0611. The van der Waals surface area contributed by atoms with E-state index in [9.17, 15) is 0 Å². The molecule has 6 aromatic rings. The van der Waals surface area contributed by atoms with Crippen LogP contribution in [-0.2, 0) is 0 Å². The maximum atomic E-state index is 5.34. The summed E-state index contributed by atoms with van der Waals surface area (Å²) in [5.41, 5.74) is 18.0. The van der Waals surface area contributed by atoms with Crippen molar-refractivity contribution in [2.24, 2.45) is 10.9 Å². The van der Waals surface area contributed by atoms with Crippen molar-refractivity contribution in [3.8, 4) is 11.1 Å². The molecule has 0 aromatic heterocycles. The summed E-state index contributed by atoms with van der Waals surface area (Å²) in [4.78, 5) is 5.34. The van der Waals surface area contributed by atoms with E-state index in [-0.39, 0.29) is 18.1 Å². The zero-order valence-corrected chi connectivity index (χ0v) is 31.0. The van der Waals surface area contributed by atoms with Crippen molar-refractivity contribution < 1.29 is 0 Å². The Kier molecular flexibility index (Phi) is 8.81. The highest BCUT2D eigenvalue weighted by Crippen LogP contribution is 2.49. The number of allylic oxidation sites excluding steroid dienone is 9. The van der Waals surface area contributed by atoms with Crippen LogP contribution >= 0.6 is 0 Å². The predicted octanol–water partition coefficient (Wildman–Crippen LogP) is 12.1. The SMILES string of the molecule is C1=CCC2C(=C1)C1=C(C=C2c2ccc(C3N=C(c4cccc(-c5ccccc5)c4)C=C(c4ccccc4)N3)cc2)NC(c2ccccc2)C=C1c1ccccc1. The van der Waals surface area contributed by atoms with E-state index in [2.05, 4.69) is 217 Å². The molecule has 0 amide bonds. The van der Waals surface area contributed by atoms with Gasteiger partial charge in [-0.25, -0.2) is 0 Å². The number of hydrogen-bond donors (Lipinski definition) is 2. The number of dihydropyridines is 1. The smallest absolute Gasteiger partial charge is 0.145 e. The Morgan fingerprint density at radius 3 is 1.88 bits per heavy atom. The highest BCUT2D eigenvalue weighted by atomic mass is 15.1. The Hall–Kier alpha value is -6.97. The van der Waals surface area contributed by atoms with Crippen LogP contribution in [-0.4, -0.2) is 5.71 Å². The number of hydrogen-bond acceptors (Lipinski definition) is 3. The molecule has 0 fully saturated rings. The second-order valence-electron chi connectivity index (χ2n) is 14.8. The van der Waals surface area contributed by atoms with Crippen LogP contribution < -0.4 is 10.6 Å². The molecule has 3 heteroatoms. The van der Waals surface area contributed by atoms with Gasteiger partial charge in [-0.1, -0.05) is 182 Å².